The summed E-state index contributed by atoms with van der Waals surface area (Å²) in [6.07, 6.45) is 10.0. The lowest BCUT2D eigenvalue weighted by Gasteiger charge is -2.26. The fourth-order valence-electron chi connectivity index (χ4n) is 4.98. The second-order valence-electron chi connectivity index (χ2n) is 11.8. The van der Waals surface area contributed by atoms with Gasteiger partial charge in [0.2, 0.25) is 0 Å². The van der Waals surface area contributed by atoms with E-state index in [1.807, 2.05) is 48.5 Å². The molecule has 2 atom stereocenters. The maximum atomic E-state index is 12.6. The molecule has 8 heteroatoms. The van der Waals surface area contributed by atoms with Crippen molar-refractivity contribution in [2.45, 2.75) is 115 Å². The minimum atomic E-state index is -0.858. The van der Waals surface area contributed by atoms with E-state index in [2.05, 4.69) is 5.32 Å². The van der Waals surface area contributed by atoms with Crippen molar-refractivity contribution in [1.29, 1.82) is 0 Å². The zero-order valence-corrected chi connectivity index (χ0v) is 24.7. The minimum absolute atomic E-state index is 0.0575. The molecular weight excluding hydrogens is 520 g/mol. The fraction of sp³-hybridized carbons (Fsp3) is 0.545. The van der Waals surface area contributed by atoms with Gasteiger partial charge in [-0.05, 0) is 83.3 Å². The van der Waals surface area contributed by atoms with Gasteiger partial charge in [-0.25, -0.2) is 14.4 Å². The molecule has 0 aliphatic heterocycles. The van der Waals surface area contributed by atoms with Crippen molar-refractivity contribution in [2.24, 2.45) is 5.73 Å². The van der Waals surface area contributed by atoms with E-state index in [0.29, 0.717) is 5.56 Å². The first kappa shape index (κ1) is 32.1. The highest BCUT2D eigenvalue weighted by Gasteiger charge is 2.29. The predicted molar refractivity (Wildman–Crippen MR) is 158 cm³/mol. The highest BCUT2D eigenvalue weighted by molar-refractivity contribution is 5.83. The summed E-state index contributed by atoms with van der Waals surface area (Å²) in [4.78, 5) is 36.6. The van der Waals surface area contributed by atoms with Crippen LogP contribution in [0.5, 0.6) is 0 Å². The molecule has 2 saturated carbocycles. The van der Waals surface area contributed by atoms with Crippen LogP contribution >= 0.6 is 0 Å². The Bertz CT molecular complexity index is 1070. The van der Waals surface area contributed by atoms with Gasteiger partial charge in [-0.1, -0.05) is 73.5 Å². The standard InChI is InChI=1S/C19H27NO4.C14H19NO2/c1-19(2,3)24-18(22)20-16(14-10-6-4-7-11-14)17(21)23-15-12-8-5-9-13-15;15-13(11-7-3-1-4-8-11)14(16)17-12-9-5-2-6-10-12/h4,6-7,10-11,15-16H,5,8-9,12-13H2,1-3H3,(H,20,22);1,3-4,7-8,12-13H,2,5-6,9-10,15H2. The smallest absolute Gasteiger partial charge is 0.408 e. The van der Waals surface area contributed by atoms with E-state index in [-0.39, 0.29) is 18.2 Å². The number of amides is 1. The Labute approximate surface area is 244 Å². The molecule has 0 bridgehead atoms. The molecule has 0 saturated heterocycles. The highest BCUT2D eigenvalue weighted by atomic mass is 16.6. The van der Waals surface area contributed by atoms with Gasteiger partial charge < -0.3 is 25.3 Å². The molecule has 3 N–H and O–H groups in total. The molecule has 2 aromatic carbocycles. The van der Waals surface area contributed by atoms with Gasteiger partial charge in [-0.2, -0.15) is 0 Å². The van der Waals surface area contributed by atoms with E-state index in [9.17, 15) is 14.4 Å². The average molecular weight is 567 g/mol. The number of alkyl carbamates (subject to hydrolysis) is 1. The van der Waals surface area contributed by atoms with Crippen molar-refractivity contribution in [3.8, 4) is 0 Å². The zero-order valence-electron chi connectivity index (χ0n) is 24.7. The molecular formula is C33H46N2O6. The molecule has 2 fully saturated rings. The van der Waals surface area contributed by atoms with Crippen molar-refractivity contribution in [2.75, 3.05) is 0 Å². The maximum Gasteiger partial charge on any atom is 0.408 e. The van der Waals surface area contributed by atoms with Gasteiger partial charge in [0.25, 0.3) is 0 Å². The molecule has 2 aromatic rings. The van der Waals surface area contributed by atoms with Crippen LogP contribution < -0.4 is 11.1 Å². The summed E-state index contributed by atoms with van der Waals surface area (Å²) in [5.41, 5.74) is 6.75. The van der Waals surface area contributed by atoms with Crippen molar-refractivity contribution >= 4 is 18.0 Å². The summed E-state index contributed by atoms with van der Waals surface area (Å²) in [6, 6.07) is 17.0. The summed E-state index contributed by atoms with van der Waals surface area (Å²) in [5.74, 6) is -0.734. The van der Waals surface area contributed by atoms with Crippen LogP contribution in [0.4, 0.5) is 4.79 Å². The molecule has 0 heterocycles. The number of carbonyl (C=O) groups excluding carboxylic acids is 3. The number of benzene rings is 2. The Balaban J connectivity index is 0.000000239. The molecule has 2 aliphatic carbocycles. The monoisotopic (exact) mass is 566 g/mol. The molecule has 0 spiro atoms. The SMILES string of the molecule is CC(C)(C)OC(=O)NC(C(=O)OC1CCCCC1)c1ccccc1.NC(C(=O)OC1CCCCC1)c1ccccc1. The highest BCUT2D eigenvalue weighted by Crippen LogP contribution is 2.24. The number of carbonyl (C=O) groups is 3. The zero-order chi connectivity index (χ0) is 29.7. The topological polar surface area (TPSA) is 117 Å². The number of nitrogens with two attached hydrogens (primary N) is 1. The van der Waals surface area contributed by atoms with Gasteiger partial charge in [0.05, 0.1) is 0 Å². The van der Waals surface area contributed by atoms with E-state index in [0.717, 1.165) is 56.9 Å². The second-order valence-corrected chi connectivity index (χ2v) is 11.8. The molecule has 0 aromatic heterocycles. The van der Waals surface area contributed by atoms with Crippen LogP contribution in [-0.4, -0.2) is 35.8 Å². The Kier molecular flexibility index (Phi) is 12.7. The second kappa shape index (κ2) is 16.2. The van der Waals surface area contributed by atoms with Gasteiger partial charge in [0.1, 0.15) is 23.9 Å². The summed E-state index contributed by atoms with van der Waals surface area (Å²) in [6.45, 7) is 5.35. The summed E-state index contributed by atoms with van der Waals surface area (Å²) >= 11 is 0. The van der Waals surface area contributed by atoms with Crippen LogP contribution in [0.2, 0.25) is 0 Å². The summed E-state index contributed by atoms with van der Waals surface area (Å²) < 4.78 is 16.3. The number of hydrogen-bond acceptors (Lipinski definition) is 7. The Hall–Kier alpha value is -3.39. The van der Waals surface area contributed by atoms with Crippen molar-refractivity contribution in [1.82, 2.24) is 5.32 Å². The molecule has 1 amide bonds. The lowest BCUT2D eigenvalue weighted by molar-refractivity contribution is -0.153. The van der Waals surface area contributed by atoms with Crippen molar-refractivity contribution in [3.63, 3.8) is 0 Å². The maximum absolute atomic E-state index is 12.6. The van der Waals surface area contributed by atoms with Crippen LogP contribution in [0.1, 0.15) is 108 Å². The number of hydrogen-bond donors (Lipinski definition) is 2. The van der Waals surface area contributed by atoms with Crippen molar-refractivity contribution < 1.29 is 28.6 Å². The van der Waals surface area contributed by atoms with E-state index in [1.165, 1.54) is 12.8 Å². The Morgan fingerprint density at radius 3 is 1.61 bits per heavy atom. The van der Waals surface area contributed by atoms with Gasteiger partial charge in [-0.3, -0.25) is 0 Å². The molecule has 0 radical (unpaired) electrons. The normalized spacial score (nSPS) is 17.7. The first-order valence-corrected chi connectivity index (χ1v) is 14.9. The van der Waals surface area contributed by atoms with Crippen LogP contribution in [0.15, 0.2) is 60.7 Å². The van der Waals surface area contributed by atoms with Crippen LogP contribution in [0.25, 0.3) is 0 Å². The largest absolute Gasteiger partial charge is 0.461 e. The Morgan fingerprint density at radius 1 is 0.707 bits per heavy atom. The average Bonchev–Trinajstić information content (AvgIpc) is 2.97. The van der Waals surface area contributed by atoms with Crippen molar-refractivity contribution in [3.05, 3.63) is 71.8 Å². The summed E-state index contributed by atoms with van der Waals surface area (Å²) in [5, 5.41) is 2.64. The molecule has 4 rings (SSSR count). The predicted octanol–water partition coefficient (Wildman–Crippen LogP) is 6.69. The third-order valence-corrected chi connectivity index (χ3v) is 7.11. The fourth-order valence-corrected chi connectivity index (χ4v) is 4.98. The van der Waals surface area contributed by atoms with Gasteiger partial charge >= 0.3 is 18.0 Å². The van der Waals surface area contributed by atoms with Crippen LogP contribution in [-0.2, 0) is 23.8 Å². The number of nitrogens with one attached hydrogen (secondary N) is 1. The van der Waals surface area contributed by atoms with Gasteiger partial charge in [0, 0.05) is 0 Å². The molecule has 8 nitrogen and oxygen atoms in total. The third-order valence-electron chi connectivity index (χ3n) is 7.11. The number of rotatable bonds is 7. The van der Waals surface area contributed by atoms with E-state index in [1.54, 1.807) is 32.9 Å². The number of esters is 2. The molecule has 224 valence electrons. The molecule has 41 heavy (non-hydrogen) atoms. The van der Waals surface area contributed by atoms with Crippen LogP contribution in [0.3, 0.4) is 0 Å². The van der Waals surface area contributed by atoms with E-state index < -0.39 is 29.7 Å². The third kappa shape index (κ3) is 11.6. The number of ether oxygens (including phenoxy) is 3. The first-order chi connectivity index (χ1) is 19.6. The first-order valence-electron chi connectivity index (χ1n) is 14.9. The molecule has 2 unspecified atom stereocenters. The lowest BCUT2D eigenvalue weighted by Crippen LogP contribution is -2.39. The minimum Gasteiger partial charge on any atom is -0.461 e. The van der Waals surface area contributed by atoms with Gasteiger partial charge in [0.15, 0.2) is 6.04 Å². The van der Waals surface area contributed by atoms with Gasteiger partial charge in [-0.15, -0.1) is 0 Å². The molecule has 2 aliphatic rings. The van der Waals surface area contributed by atoms with E-state index >= 15 is 0 Å². The van der Waals surface area contributed by atoms with Crippen LogP contribution in [0, 0.1) is 0 Å². The summed E-state index contributed by atoms with van der Waals surface area (Å²) in [7, 11) is 0. The lowest BCUT2D eigenvalue weighted by atomic mass is 9.97. The van der Waals surface area contributed by atoms with E-state index in [4.69, 9.17) is 19.9 Å². The Morgan fingerprint density at radius 2 is 1.15 bits per heavy atom. The quantitative estimate of drug-likeness (QED) is 0.283.